The molecule has 2 unspecified atom stereocenters. The van der Waals surface area contributed by atoms with Gasteiger partial charge in [0.1, 0.15) is 5.52 Å². The molecule has 2 heterocycles. The Hall–Kier alpha value is -1.95. The van der Waals surface area contributed by atoms with Gasteiger partial charge in [-0.25, -0.2) is 4.79 Å². The van der Waals surface area contributed by atoms with Crippen molar-refractivity contribution in [2.75, 3.05) is 18.0 Å². The number of amides is 1. The minimum atomic E-state index is -0.876. The zero-order valence-electron chi connectivity index (χ0n) is 15.0. The molecule has 2 atom stereocenters. The van der Waals surface area contributed by atoms with Crippen LogP contribution < -0.4 is 4.90 Å². The topological polar surface area (TPSA) is 69.8 Å². The molecular formula is C18H24ClN3O3. The summed E-state index contributed by atoms with van der Waals surface area (Å²) in [5, 5.41) is 10.3. The Kier molecular flexibility index (Phi) is 4.58. The van der Waals surface area contributed by atoms with Crippen molar-refractivity contribution in [3.63, 3.8) is 0 Å². The Labute approximate surface area is 152 Å². The minimum Gasteiger partial charge on any atom is -0.465 e. The maximum atomic E-state index is 11.8. The summed E-state index contributed by atoms with van der Waals surface area (Å²) in [6.07, 6.45) is -0.156. The van der Waals surface area contributed by atoms with Gasteiger partial charge in [0.05, 0.1) is 6.04 Å². The summed E-state index contributed by atoms with van der Waals surface area (Å²) in [4.78, 5) is 20.0. The number of benzene rings is 1. The Bertz CT molecular complexity index is 783. The van der Waals surface area contributed by atoms with Crippen LogP contribution in [0, 0.1) is 5.41 Å². The second-order valence-electron chi connectivity index (χ2n) is 7.76. The largest absolute Gasteiger partial charge is 0.465 e. The van der Waals surface area contributed by atoms with Crippen molar-refractivity contribution in [2.24, 2.45) is 5.41 Å². The van der Waals surface area contributed by atoms with E-state index in [1.807, 2.05) is 11.8 Å². The number of hydrogen-bond acceptors (Lipinski definition) is 4. The first kappa shape index (κ1) is 17.9. The number of hydrogen-bond donors (Lipinski definition) is 1. The maximum Gasteiger partial charge on any atom is 0.407 e. The standard InChI is InChI=1S/C18H24ClN3O3/c1-11-7-8-21(10-15(18(2,3)4)22(11)17(23)24)16-20-13-9-12(19)5-6-14(13)25-16/h5-6,9,11,15H,7-8,10H2,1-4H3,(H,23,24). The summed E-state index contributed by atoms with van der Waals surface area (Å²) in [5.41, 5.74) is 1.19. The molecule has 1 aromatic heterocycles. The van der Waals surface area contributed by atoms with E-state index in [-0.39, 0.29) is 17.5 Å². The molecule has 3 rings (SSSR count). The van der Waals surface area contributed by atoms with Crippen LogP contribution in [0.2, 0.25) is 5.02 Å². The Balaban J connectivity index is 1.97. The Morgan fingerprint density at radius 1 is 1.40 bits per heavy atom. The first-order valence-electron chi connectivity index (χ1n) is 8.49. The third-order valence-corrected chi connectivity index (χ3v) is 5.09. The van der Waals surface area contributed by atoms with Crippen LogP contribution in [-0.2, 0) is 0 Å². The molecule has 1 aliphatic rings. The Morgan fingerprint density at radius 3 is 2.76 bits per heavy atom. The van der Waals surface area contributed by atoms with E-state index in [1.54, 1.807) is 23.1 Å². The van der Waals surface area contributed by atoms with Crippen molar-refractivity contribution in [1.29, 1.82) is 0 Å². The van der Waals surface area contributed by atoms with Crippen molar-refractivity contribution >= 4 is 34.8 Å². The summed E-state index contributed by atoms with van der Waals surface area (Å²) in [6, 6.07) is 5.64. The zero-order valence-corrected chi connectivity index (χ0v) is 15.7. The van der Waals surface area contributed by atoms with E-state index in [4.69, 9.17) is 16.0 Å². The lowest BCUT2D eigenvalue weighted by Crippen LogP contribution is -2.53. The van der Waals surface area contributed by atoms with Crippen LogP contribution in [-0.4, -0.2) is 46.3 Å². The van der Waals surface area contributed by atoms with Crippen molar-refractivity contribution < 1.29 is 14.3 Å². The SMILES string of the molecule is CC1CCN(c2nc3cc(Cl)ccc3o2)CC(C(C)(C)C)N1C(=O)O. The molecule has 25 heavy (non-hydrogen) atoms. The number of carbonyl (C=O) groups is 1. The highest BCUT2D eigenvalue weighted by atomic mass is 35.5. The van der Waals surface area contributed by atoms with E-state index in [0.717, 1.165) is 6.42 Å². The maximum absolute atomic E-state index is 11.8. The molecule has 0 aliphatic carbocycles. The molecule has 1 fully saturated rings. The van der Waals surface area contributed by atoms with Gasteiger partial charge in [0.15, 0.2) is 5.58 Å². The summed E-state index contributed by atoms with van der Waals surface area (Å²) in [7, 11) is 0. The van der Waals surface area contributed by atoms with E-state index in [0.29, 0.717) is 35.2 Å². The number of anilines is 1. The monoisotopic (exact) mass is 365 g/mol. The van der Waals surface area contributed by atoms with E-state index in [9.17, 15) is 9.90 Å². The van der Waals surface area contributed by atoms with Gasteiger partial charge in [-0.05, 0) is 37.0 Å². The molecule has 1 saturated heterocycles. The van der Waals surface area contributed by atoms with E-state index in [2.05, 4.69) is 25.8 Å². The Morgan fingerprint density at radius 2 is 2.12 bits per heavy atom. The number of carboxylic acid groups (broad SMARTS) is 1. The number of nitrogens with zero attached hydrogens (tertiary/aromatic N) is 3. The van der Waals surface area contributed by atoms with Crippen LogP contribution in [0.3, 0.4) is 0 Å². The quantitative estimate of drug-likeness (QED) is 0.807. The third kappa shape index (κ3) is 3.54. The predicted octanol–water partition coefficient (Wildman–Crippen LogP) is 4.47. The normalized spacial score (nSPS) is 22.3. The predicted molar refractivity (Wildman–Crippen MR) is 98.4 cm³/mol. The molecule has 1 aromatic carbocycles. The molecule has 1 N–H and O–H groups in total. The number of rotatable bonds is 1. The molecule has 7 heteroatoms. The van der Waals surface area contributed by atoms with Crippen LogP contribution in [0.4, 0.5) is 10.8 Å². The van der Waals surface area contributed by atoms with Crippen LogP contribution in [0.1, 0.15) is 34.1 Å². The van der Waals surface area contributed by atoms with Crippen LogP contribution in [0.25, 0.3) is 11.1 Å². The average Bonchev–Trinajstić information content (AvgIpc) is 2.81. The zero-order chi connectivity index (χ0) is 18.4. The van der Waals surface area contributed by atoms with Crippen LogP contribution in [0.5, 0.6) is 0 Å². The summed E-state index contributed by atoms with van der Waals surface area (Å²) in [6.45, 7) is 9.39. The van der Waals surface area contributed by atoms with Gasteiger partial charge in [-0.2, -0.15) is 4.98 Å². The van der Waals surface area contributed by atoms with Crippen molar-refractivity contribution in [2.45, 2.75) is 46.2 Å². The van der Waals surface area contributed by atoms with Gasteiger partial charge in [0.25, 0.3) is 6.01 Å². The highest BCUT2D eigenvalue weighted by Gasteiger charge is 2.40. The molecular weight excluding hydrogens is 342 g/mol. The second-order valence-corrected chi connectivity index (χ2v) is 8.20. The van der Waals surface area contributed by atoms with E-state index < -0.39 is 6.09 Å². The molecule has 1 aliphatic heterocycles. The fourth-order valence-corrected chi connectivity index (χ4v) is 3.55. The van der Waals surface area contributed by atoms with Crippen molar-refractivity contribution in [3.8, 4) is 0 Å². The van der Waals surface area contributed by atoms with Gasteiger partial charge in [-0.15, -0.1) is 0 Å². The summed E-state index contributed by atoms with van der Waals surface area (Å²) in [5.74, 6) is 0. The molecule has 2 aromatic rings. The van der Waals surface area contributed by atoms with Gasteiger partial charge in [-0.3, -0.25) is 0 Å². The van der Waals surface area contributed by atoms with Crippen LogP contribution in [0.15, 0.2) is 22.6 Å². The first-order chi connectivity index (χ1) is 11.7. The number of fused-ring (bicyclic) bond motifs is 1. The smallest absolute Gasteiger partial charge is 0.407 e. The van der Waals surface area contributed by atoms with Gasteiger partial charge in [0.2, 0.25) is 0 Å². The lowest BCUT2D eigenvalue weighted by Gasteiger charge is -2.40. The second kappa shape index (κ2) is 6.41. The lowest BCUT2D eigenvalue weighted by molar-refractivity contribution is 0.0673. The van der Waals surface area contributed by atoms with Crippen molar-refractivity contribution in [1.82, 2.24) is 9.88 Å². The molecule has 0 spiro atoms. The molecule has 0 bridgehead atoms. The summed E-state index contributed by atoms with van der Waals surface area (Å²) < 4.78 is 5.90. The van der Waals surface area contributed by atoms with Gasteiger partial charge in [0, 0.05) is 24.2 Å². The van der Waals surface area contributed by atoms with E-state index in [1.165, 1.54) is 0 Å². The molecule has 0 radical (unpaired) electrons. The molecule has 1 amide bonds. The first-order valence-corrected chi connectivity index (χ1v) is 8.87. The number of halogens is 1. The molecule has 136 valence electrons. The highest BCUT2D eigenvalue weighted by Crippen LogP contribution is 2.33. The minimum absolute atomic E-state index is 0.0643. The lowest BCUT2D eigenvalue weighted by atomic mass is 9.85. The van der Waals surface area contributed by atoms with Crippen molar-refractivity contribution in [3.05, 3.63) is 23.2 Å². The van der Waals surface area contributed by atoms with Gasteiger partial charge >= 0.3 is 6.09 Å². The van der Waals surface area contributed by atoms with Gasteiger partial charge in [-0.1, -0.05) is 32.4 Å². The van der Waals surface area contributed by atoms with Crippen LogP contribution >= 0.6 is 11.6 Å². The van der Waals surface area contributed by atoms with E-state index >= 15 is 0 Å². The fourth-order valence-electron chi connectivity index (χ4n) is 3.39. The number of aromatic nitrogens is 1. The molecule has 0 saturated carbocycles. The number of oxazole rings is 1. The van der Waals surface area contributed by atoms with Gasteiger partial charge < -0.3 is 19.3 Å². The average molecular weight is 366 g/mol. The molecule has 6 nitrogen and oxygen atoms in total. The highest BCUT2D eigenvalue weighted by molar-refractivity contribution is 6.31. The summed E-state index contributed by atoms with van der Waals surface area (Å²) >= 11 is 6.03. The fraction of sp³-hybridized carbons (Fsp3) is 0.556. The third-order valence-electron chi connectivity index (χ3n) is 4.85.